The maximum Gasteiger partial charge on any atom is 0.0548 e. The second-order valence-corrected chi connectivity index (χ2v) is 15.7. The minimum absolute atomic E-state index is 0.446. The normalized spacial score (nSPS) is 17.4. The van der Waals surface area contributed by atoms with E-state index in [1.807, 2.05) is 11.3 Å². The molecule has 51 heavy (non-hydrogen) atoms. The fourth-order valence-electron chi connectivity index (χ4n) is 9.04. The first-order chi connectivity index (χ1) is 25.1. The summed E-state index contributed by atoms with van der Waals surface area (Å²) in [5.74, 6) is 0.945. The van der Waals surface area contributed by atoms with Crippen molar-refractivity contribution in [1.82, 2.24) is 9.13 Å². The number of para-hydroxylation sites is 1. The largest absolute Gasteiger partial charge is 0.313 e. The number of fused-ring (bicyclic) bond motifs is 10. The van der Waals surface area contributed by atoms with Crippen LogP contribution in [0.2, 0.25) is 0 Å². The second-order valence-electron chi connectivity index (χ2n) is 14.6. The summed E-state index contributed by atoms with van der Waals surface area (Å²) in [6, 6.07) is 43.7. The van der Waals surface area contributed by atoms with E-state index in [4.69, 9.17) is 0 Å². The van der Waals surface area contributed by atoms with Crippen molar-refractivity contribution in [2.45, 2.75) is 32.6 Å². The highest BCUT2D eigenvalue weighted by Gasteiger charge is 2.23. The Kier molecular flexibility index (Phi) is 6.24. The highest BCUT2D eigenvalue weighted by Crippen LogP contribution is 2.44. The molecule has 2 unspecified atom stereocenters. The molecular weight excluding hydrogens is 637 g/mol. The van der Waals surface area contributed by atoms with Gasteiger partial charge < -0.3 is 9.13 Å². The monoisotopic (exact) mass is 672 g/mol. The molecule has 0 spiro atoms. The molecule has 2 atom stereocenters. The van der Waals surface area contributed by atoms with Crippen molar-refractivity contribution < 1.29 is 0 Å². The van der Waals surface area contributed by atoms with Gasteiger partial charge in [0.25, 0.3) is 0 Å². The summed E-state index contributed by atoms with van der Waals surface area (Å²) < 4.78 is 7.73. The predicted octanol–water partition coefficient (Wildman–Crippen LogP) is 13.9. The van der Waals surface area contributed by atoms with Gasteiger partial charge in [-0.15, -0.1) is 11.3 Å². The lowest BCUT2D eigenvalue weighted by Crippen LogP contribution is -2.07. The molecule has 9 aromatic rings. The summed E-state index contributed by atoms with van der Waals surface area (Å²) in [5.41, 5.74) is 13.0. The van der Waals surface area contributed by atoms with Crippen molar-refractivity contribution in [3.05, 3.63) is 151 Å². The number of hydrogen-bond acceptors (Lipinski definition) is 1. The summed E-state index contributed by atoms with van der Waals surface area (Å²) >= 11 is 1.88. The van der Waals surface area contributed by atoms with Crippen LogP contribution in [-0.2, 0) is 0 Å². The zero-order chi connectivity index (χ0) is 33.8. The van der Waals surface area contributed by atoms with Gasteiger partial charge in [-0.1, -0.05) is 98.8 Å². The fourth-order valence-corrected chi connectivity index (χ4v) is 10.2. The lowest BCUT2D eigenvalue weighted by Gasteiger charge is -2.20. The van der Waals surface area contributed by atoms with Gasteiger partial charge in [0, 0.05) is 59.0 Å². The fraction of sp³-hybridized carbons (Fsp3) is 0.125. The smallest absolute Gasteiger partial charge is 0.0548 e. The Morgan fingerprint density at radius 1 is 0.569 bits per heavy atom. The molecule has 11 rings (SSSR count). The third kappa shape index (κ3) is 4.22. The molecule has 6 aromatic carbocycles. The van der Waals surface area contributed by atoms with Gasteiger partial charge in [0.15, 0.2) is 0 Å². The van der Waals surface area contributed by atoms with Crippen LogP contribution < -0.4 is 0 Å². The van der Waals surface area contributed by atoms with E-state index >= 15 is 0 Å². The van der Waals surface area contributed by atoms with E-state index in [0.29, 0.717) is 11.8 Å². The van der Waals surface area contributed by atoms with Crippen LogP contribution in [0.3, 0.4) is 0 Å². The molecule has 0 saturated carbocycles. The Bertz CT molecular complexity index is 2990. The Hall–Kier alpha value is -5.64. The molecule has 2 nitrogen and oxygen atoms in total. The molecule has 244 valence electrons. The second kappa shape index (κ2) is 10.9. The molecule has 0 N–H and O–H groups in total. The van der Waals surface area contributed by atoms with Crippen LogP contribution in [0.25, 0.3) is 92.4 Å². The van der Waals surface area contributed by atoms with Crippen LogP contribution in [0.4, 0.5) is 0 Å². The maximum atomic E-state index is 2.54. The summed E-state index contributed by atoms with van der Waals surface area (Å²) in [5, 5.41) is 7.93. The first kappa shape index (κ1) is 29.1. The summed E-state index contributed by atoms with van der Waals surface area (Å²) in [7, 11) is 0. The van der Waals surface area contributed by atoms with E-state index in [2.05, 4.69) is 169 Å². The lowest BCUT2D eigenvalue weighted by atomic mass is 9.87. The zero-order valence-electron chi connectivity index (χ0n) is 28.7. The quantitative estimate of drug-likeness (QED) is 0.177. The molecule has 0 saturated heterocycles. The molecule has 3 heterocycles. The van der Waals surface area contributed by atoms with Gasteiger partial charge in [-0.3, -0.25) is 0 Å². The molecule has 0 aliphatic heterocycles. The molecule has 0 bridgehead atoms. The molecule has 0 amide bonds. The number of nitrogens with zero attached hydrogens (tertiary/aromatic N) is 2. The highest BCUT2D eigenvalue weighted by atomic mass is 32.1. The van der Waals surface area contributed by atoms with Crippen LogP contribution in [0, 0.1) is 5.92 Å². The standard InChI is InChI=1S/C48H36N2S/c1-29-12-9-13-32-25-43-38(26-37(29)32)40-28-45-39(35-14-4-7-18-42(35)50(45)41-17-6-3-11-30(41)2)27-44(40)49(43)33-23-21-31(22-24-33)34-16-10-20-47-48(34)36-15-5-8-19-46(36)51-47/h3-10,13-30H,11-12H2,1-2H3. The van der Waals surface area contributed by atoms with Gasteiger partial charge in [0.1, 0.15) is 0 Å². The molecular formula is C48H36N2S. The topological polar surface area (TPSA) is 9.86 Å². The number of aromatic nitrogens is 2. The van der Waals surface area contributed by atoms with Crippen LogP contribution >= 0.6 is 11.3 Å². The van der Waals surface area contributed by atoms with Gasteiger partial charge in [-0.2, -0.15) is 0 Å². The summed E-state index contributed by atoms with van der Waals surface area (Å²) in [6.45, 7) is 4.72. The number of allylic oxidation sites excluding steroid dienone is 5. The molecule has 3 aromatic heterocycles. The lowest BCUT2D eigenvalue weighted by molar-refractivity contribution is 0.725. The van der Waals surface area contributed by atoms with Gasteiger partial charge in [0.05, 0.1) is 22.1 Å². The van der Waals surface area contributed by atoms with Crippen LogP contribution in [0.5, 0.6) is 0 Å². The molecule has 0 radical (unpaired) electrons. The summed E-state index contributed by atoms with van der Waals surface area (Å²) in [6.07, 6.45) is 13.7. The molecule has 3 heteroatoms. The highest BCUT2D eigenvalue weighted by molar-refractivity contribution is 7.25. The third-order valence-corrected chi connectivity index (χ3v) is 12.7. The van der Waals surface area contributed by atoms with Crippen LogP contribution in [-0.4, -0.2) is 9.13 Å². The van der Waals surface area contributed by atoms with Gasteiger partial charge in [0.2, 0.25) is 0 Å². The van der Waals surface area contributed by atoms with Crippen LogP contribution in [0.1, 0.15) is 43.7 Å². The van der Waals surface area contributed by atoms with E-state index < -0.39 is 0 Å². The first-order valence-corrected chi connectivity index (χ1v) is 19.0. The van der Waals surface area contributed by atoms with Crippen molar-refractivity contribution in [3.63, 3.8) is 0 Å². The minimum atomic E-state index is 0.446. The van der Waals surface area contributed by atoms with Gasteiger partial charge in [-0.05, 0) is 102 Å². The molecule has 2 aliphatic carbocycles. The van der Waals surface area contributed by atoms with E-state index in [1.165, 1.54) is 97.4 Å². The van der Waals surface area contributed by atoms with E-state index in [9.17, 15) is 0 Å². The summed E-state index contributed by atoms with van der Waals surface area (Å²) in [4.78, 5) is 0. The minimum Gasteiger partial charge on any atom is -0.313 e. The van der Waals surface area contributed by atoms with E-state index in [0.717, 1.165) is 12.8 Å². The SMILES string of the molecule is CC1CC=CC=C1n1c2ccccc2c2cc3c(cc21)c1cc2c(cc1n3-c1ccc(-c3cccc4sc5ccccc5c34)cc1)C=CCC2C. The van der Waals surface area contributed by atoms with Crippen molar-refractivity contribution in [1.29, 1.82) is 0 Å². The zero-order valence-corrected chi connectivity index (χ0v) is 29.5. The van der Waals surface area contributed by atoms with Crippen molar-refractivity contribution in [2.75, 3.05) is 0 Å². The number of benzene rings is 6. The van der Waals surface area contributed by atoms with Gasteiger partial charge in [-0.25, -0.2) is 0 Å². The number of hydrogen-bond donors (Lipinski definition) is 0. The first-order valence-electron chi connectivity index (χ1n) is 18.2. The van der Waals surface area contributed by atoms with E-state index in [-0.39, 0.29) is 0 Å². The average Bonchev–Trinajstić information content (AvgIpc) is 3.81. The van der Waals surface area contributed by atoms with Crippen LogP contribution in [0.15, 0.2) is 140 Å². The number of thiophene rings is 1. The van der Waals surface area contributed by atoms with Crippen molar-refractivity contribution in [2.24, 2.45) is 5.92 Å². The molecule has 2 aliphatic rings. The van der Waals surface area contributed by atoms with Gasteiger partial charge >= 0.3 is 0 Å². The Morgan fingerprint density at radius 2 is 1.27 bits per heavy atom. The Labute approximate surface area is 300 Å². The Morgan fingerprint density at radius 3 is 2.14 bits per heavy atom. The van der Waals surface area contributed by atoms with E-state index in [1.54, 1.807) is 0 Å². The maximum absolute atomic E-state index is 2.54. The average molecular weight is 673 g/mol. The number of rotatable bonds is 3. The van der Waals surface area contributed by atoms with Crippen molar-refractivity contribution in [3.8, 4) is 16.8 Å². The predicted molar refractivity (Wildman–Crippen MR) is 221 cm³/mol. The Balaban J connectivity index is 1.19. The van der Waals surface area contributed by atoms with Crippen molar-refractivity contribution >= 4 is 86.9 Å². The third-order valence-electron chi connectivity index (χ3n) is 11.6. The molecule has 0 fully saturated rings.